The van der Waals surface area contributed by atoms with Gasteiger partial charge in [-0.1, -0.05) is 12.1 Å². The minimum absolute atomic E-state index is 0.150. The summed E-state index contributed by atoms with van der Waals surface area (Å²) in [5.41, 5.74) is 8.82. The van der Waals surface area contributed by atoms with E-state index in [9.17, 15) is 9.90 Å². The number of benzene rings is 1. The van der Waals surface area contributed by atoms with E-state index in [1.165, 1.54) is 11.3 Å². The molecule has 0 unspecified atom stereocenters. The molecule has 2 aromatic rings. The van der Waals surface area contributed by atoms with Crippen LogP contribution in [0.2, 0.25) is 0 Å². The summed E-state index contributed by atoms with van der Waals surface area (Å²) in [5, 5.41) is 12.7. The van der Waals surface area contributed by atoms with Gasteiger partial charge < -0.3 is 5.11 Å². The predicted molar refractivity (Wildman–Crippen MR) is 64.9 cm³/mol. The lowest BCUT2D eigenvalue weighted by Crippen LogP contribution is -1.86. The van der Waals surface area contributed by atoms with Gasteiger partial charge in [0, 0.05) is 15.4 Å². The van der Waals surface area contributed by atoms with E-state index in [0.717, 1.165) is 4.88 Å². The first-order chi connectivity index (χ1) is 8.22. The molecule has 1 N–H and O–H groups in total. The molecular formula is C11H7N3O2S. The third-order valence-corrected chi connectivity index (χ3v) is 3.23. The van der Waals surface area contributed by atoms with Crippen LogP contribution >= 0.6 is 11.3 Å². The molecule has 1 aromatic carbocycles. The van der Waals surface area contributed by atoms with Gasteiger partial charge in [-0.05, 0) is 34.9 Å². The number of azide groups is 1. The number of phenolic OH excluding ortho intramolecular Hbond substituents is 1. The Labute approximate surface area is 101 Å². The lowest BCUT2D eigenvalue weighted by Gasteiger charge is -1.99. The molecule has 0 radical (unpaired) electrons. The maximum absolute atomic E-state index is 11.3. The van der Waals surface area contributed by atoms with Crippen LogP contribution in [-0.4, -0.2) is 11.0 Å². The molecule has 2 rings (SSSR count). The van der Waals surface area contributed by atoms with Crippen molar-refractivity contribution in [1.82, 2.24) is 0 Å². The van der Waals surface area contributed by atoms with Crippen LogP contribution in [0.5, 0.6) is 5.75 Å². The second-order valence-corrected chi connectivity index (χ2v) is 4.26. The van der Waals surface area contributed by atoms with Gasteiger partial charge in [-0.2, -0.15) is 0 Å². The summed E-state index contributed by atoms with van der Waals surface area (Å²) >= 11 is 1.17. The third-order valence-electron chi connectivity index (χ3n) is 2.12. The molecule has 1 amide bonds. The van der Waals surface area contributed by atoms with Gasteiger partial charge in [0.05, 0.1) is 4.88 Å². The summed E-state index contributed by atoms with van der Waals surface area (Å²) in [6.45, 7) is 0. The second-order valence-electron chi connectivity index (χ2n) is 3.18. The molecule has 1 heterocycles. The quantitative estimate of drug-likeness (QED) is 0.498. The molecular weight excluding hydrogens is 238 g/mol. The Kier molecular flexibility index (Phi) is 3.09. The van der Waals surface area contributed by atoms with Crippen LogP contribution in [-0.2, 0) is 0 Å². The average Bonchev–Trinajstić information content (AvgIpc) is 2.79. The number of hydrogen-bond acceptors (Lipinski definition) is 3. The molecule has 1 aromatic heterocycles. The first-order valence-corrected chi connectivity index (χ1v) is 5.51. The first-order valence-electron chi connectivity index (χ1n) is 4.70. The lowest BCUT2D eigenvalue weighted by molar-refractivity contribution is 0.100. The van der Waals surface area contributed by atoms with Gasteiger partial charge in [-0.3, -0.25) is 4.79 Å². The maximum atomic E-state index is 11.3. The molecule has 5 nitrogen and oxygen atoms in total. The summed E-state index contributed by atoms with van der Waals surface area (Å²) in [7, 11) is 0. The Bertz CT molecular complexity index is 615. The van der Waals surface area contributed by atoms with Crippen LogP contribution in [0.15, 0.2) is 41.5 Å². The predicted octanol–water partition coefficient (Wildman–Crippen LogP) is 3.57. The van der Waals surface area contributed by atoms with Crippen molar-refractivity contribution in [2.75, 3.05) is 0 Å². The summed E-state index contributed by atoms with van der Waals surface area (Å²) in [5.74, 6) is -0.462. The third kappa shape index (κ3) is 2.28. The first kappa shape index (κ1) is 11.2. The monoisotopic (exact) mass is 245 g/mol. The number of phenols is 1. The van der Waals surface area contributed by atoms with E-state index in [2.05, 4.69) is 10.0 Å². The number of hydrogen-bond donors (Lipinski definition) is 1. The number of carbonyl (C=O) groups excluding carboxylic acids is 1. The highest BCUT2D eigenvalue weighted by molar-refractivity contribution is 7.17. The van der Waals surface area contributed by atoms with Crippen LogP contribution in [0, 0.1) is 0 Å². The van der Waals surface area contributed by atoms with Crippen molar-refractivity contribution in [3.8, 4) is 16.2 Å². The number of thiophene rings is 1. The van der Waals surface area contributed by atoms with Gasteiger partial charge in [0.25, 0.3) is 5.91 Å². The van der Waals surface area contributed by atoms with Crippen molar-refractivity contribution in [3.63, 3.8) is 0 Å². The fourth-order valence-corrected chi connectivity index (χ4v) is 2.29. The van der Waals surface area contributed by atoms with Crippen molar-refractivity contribution in [2.45, 2.75) is 0 Å². The summed E-state index contributed by atoms with van der Waals surface area (Å²) in [4.78, 5) is 14.8. The molecule has 6 heteroatoms. The van der Waals surface area contributed by atoms with E-state index in [1.807, 2.05) is 0 Å². The largest absolute Gasteiger partial charge is 0.507 e. The van der Waals surface area contributed by atoms with Crippen LogP contribution in [0.1, 0.15) is 9.67 Å². The molecule has 84 valence electrons. The molecule has 0 saturated carbocycles. The fourth-order valence-electron chi connectivity index (χ4n) is 1.37. The Morgan fingerprint density at radius 2 is 2.06 bits per heavy atom. The summed E-state index contributed by atoms with van der Waals surface area (Å²) in [6.07, 6.45) is 0. The minimum Gasteiger partial charge on any atom is -0.507 e. The highest BCUT2D eigenvalue weighted by Gasteiger charge is 2.10. The molecule has 0 aliphatic heterocycles. The zero-order chi connectivity index (χ0) is 12.3. The van der Waals surface area contributed by atoms with E-state index in [-0.39, 0.29) is 5.75 Å². The van der Waals surface area contributed by atoms with Crippen LogP contribution in [0.3, 0.4) is 0 Å². The molecule has 0 spiro atoms. The van der Waals surface area contributed by atoms with Gasteiger partial charge in [0.15, 0.2) is 0 Å². The van der Waals surface area contributed by atoms with Crippen molar-refractivity contribution in [3.05, 3.63) is 51.7 Å². The molecule has 0 saturated heterocycles. The van der Waals surface area contributed by atoms with Crippen LogP contribution in [0.4, 0.5) is 0 Å². The Morgan fingerprint density at radius 1 is 1.29 bits per heavy atom. The number of carbonyl (C=O) groups is 1. The topological polar surface area (TPSA) is 86.1 Å². The normalized spacial score (nSPS) is 9.65. The van der Waals surface area contributed by atoms with E-state index in [1.54, 1.807) is 36.4 Å². The lowest BCUT2D eigenvalue weighted by atomic mass is 10.2. The maximum Gasteiger partial charge on any atom is 0.259 e. The van der Waals surface area contributed by atoms with E-state index < -0.39 is 5.91 Å². The molecule has 0 aliphatic carbocycles. The fraction of sp³-hybridized carbons (Fsp3) is 0. The van der Waals surface area contributed by atoms with Gasteiger partial charge >= 0.3 is 0 Å². The van der Waals surface area contributed by atoms with Gasteiger partial charge in [-0.15, -0.1) is 11.3 Å². The van der Waals surface area contributed by atoms with Crippen LogP contribution < -0.4 is 0 Å². The SMILES string of the molecule is [N-]=[N+]=NC(=O)c1ccc(-c2ccccc2O)s1. The van der Waals surface area contributed by atoms with E-state index >= 15 is 0 Å². The van der Waals surface area contributed by atoms with Crippen molar-refractivity contribution in [1.29, 1.82) is 0 Å². The Hall–Kier alpha value is -2.30. The van der Waals surface area contributed by atoms with Crippen molar-refractivity contribution < 1.29 is 9.90 Å². The number of rotatable bonds is 2. The summed E-state index contributed by atoms with van der Waals surface area (Å²) < 4.78 is 0. The highest BCUT2D eigenvalue weighted by atomic mass is 32.1. The average molecular weight is 245 g/mol. The number of aromatic hydroxyl groups is 1. The highest BCUT2D eigenvalue weighted by Crippen LogP contribution is 2.34. The van der Waals surface area contributed by atoms with Gasteiger partial charge in [0.2, 0.25) is 0 Å². The van der Waals surface area contributed by atoms with Gasteiger partial charge in [-0.25, -0.2) is 0 Å². The summed E-state index contributed by atoms with van der Waals surface area (Å²) in [6, 6.07) is 10.1. The number of para-hydroxylation sites is 1. The van der Waals surface area contributed by atoms with Crippen molar-refractivity contribution in [2.24, 2.45) is 5.11 Å². The number of amides is 1. The minimum atomic E-state index is -0.612. The van der Waals surface area contributed by atoms with Gasteiger partial charge in [0.1, 0.15) is 5.75 Å². The zero-order valence-corrected chi connectivity index (χ0v) is 9.39. The molecule has 17 heavy (non-hydrogen) atoms. The molecule has 0 aliphatic rings. The molecule has 0 fully saturated rings. The smallest absolute Gasteiger partial charge is 0.259 e. The molecule has 0 atom stereocenters. The molecule has 0 bridgehead atoms. The second kappa shape index (κ2) is 4.69. The standard InChI is InChI=1S/C11H7N3O2S/c12-14-13-11(16)10-6-5-9(17-10)7-3-1-2-4-8(7)15/h1-6,15H. The Balaban J connectivity index is 2.40. The van der Waals surface area contributed by atoms with E-state index in [4.69, 9.17) is 5.53 Å². The van der Waals surface area contributed by atoms with E-state index in [0.29, 0.717) is 10.4 Å². The zero-order valence-electron chi connectivity index (χ0n) is 8.57. The number of nitrogens with zero attached hydrogens (tertiary/aromatic N) is 3. The van der Waals surface area contributed by atoms with Crippen molar-refractivity contribution >= 4 is 17.2 Å². The van der Waals surface area contributed by atoms with Crippen LogP contribution in [0.25, 0.3) is 20.9 Å². The Morgan fingerprint density at radius 3 is 2.76 bits per heavy atom.